The first-order valence-corrected chi connectivity index (χ1v) is 8.47. The number of hydrogen-bond donors (Lipinski definition) is 1. The van der Waals surface area contributed by atoms with Crippen LogP contribution in [-0.4, -0.2) is 21.7 Å². The number of aliphatic hydroxyl groups excluding tert-OH is 1. The summed E-state index contributed by atoms with van der Waals surface area (Å²) in [6.45, 7) is 8.62. The van der Waals surface area contributed by atoms with Crippen molar-refractivity contribution in [2.45, 2.75) is 20.8 Å². The van der Waals surface area contributed by atoms with E-state index < -0.39 is 17.0 Å². The van der Waals surface area contributed by atoms with Crippen LogP contribution in [0.25, 0.3) is 16.7 Å². The SMILES string of the molecule is C=C1C(=O)C(C)(C)C(=O)C(c2cc(-c3ccc(Cl)nc3)ccc2C)=C1O. The van der Waals surface area contributed by atoms with Crippen molar-refractivity contribution in [1.82, 2.24) is 4.98 Å². The van der Waals surface area contributed by atoms with Gasteiger partial charge in [-0.3, -0.25) is 9.59 Å². The summed E-state index contributed by atoms with van der Waals surface area (Å²) in [6.07, 6.45) is 1.64. The van der Waals surface area contributed by atoms with Crippen molar-refractivity contribution in [1.29, 1.82) is 0 Å². The highest BCUT2D eigenvalue weighted by Crippen LogP contribution is 2.40. The van der Waals surface area contributed by atoms with Crippen molar-refractivity contribution in [3.63, 3.8) is 0 Å². The van der Waals surface area contributed by atoms with Crippen molar-refractivity contribution in [2.24, 2.45) is 5.41 Å². The number of carbonyl (C=O) groups is 2. The highest BCUT2D eigenvalue weighted by molar-refractivity contribution is 6.36. The summed E-state index contributed by atoms with van der Waals surface area (Å²) >= 11 is 5.84. The Bertz CT molecular complexity index is 985. The molecule has 1 aliphatic carbocycles. The van der Waals surface area contributed by atoms with Gasteiger partial charge in [-0.2, -0.15) is 0 Å². The van der Waals surface area contributed by atoms with E-state index in [1.165, 1.54) is 0 Å². The molecule has 1 N–H and O–H groups in total. The monoisotopic (exact) mass is 367 g/mol. The van der Waals surface area contributed by atoms with E-state index in [4.69, 9.17) is 11.6 Å². The average Bonchev–Trinajstić information content (AvgIpc) is 2.61. The zero-order valence-corrected chi connectivity index (χ0v) is 15.5. The molecule has 0 fully saturated rings. The summed E-state index contributed by atoms with van der Waals surface area (Å²) in [6, 6.07) is 9.08. The zero-order chi connectivity index (χ0) is 19.2. The van der Waals surface area contributed by atoms with Gasteiger partial charge in [0.1, 0.15) is 10.9 Å². The molecule has 0 unspecified atom stereocenters. The molecule has 0 bridgehead atoms. The second kappa shape index (κ2) is 6.22. The van der Waals surface area contributed by atoms with Crippen molar-refractivity contribution in [2.75, 3.05) is 0 Å². The molecule has 0 radical (unpaired) electrons. The van der Waals surface area contributed by atoms with Crippen LogP contribution in [0.15, 0.2) is 54.4 Å². The number of ketones is 2. The van der Waals surface area contributed by atoms with Crippen LogP contribution >= 0.6 is 11.6 Å². The maximum absolute atomic E-state index is 12.9. The summed E-state index contributed by atoms with van der Waals surface area (Å²) in [5.74, 6) is -1.23. The fraction of sp³-hybridized carbons (Fsp3) is 0.190. The van der Waals surface area contributed by atoms with Gasteiger partial charge in [0.05, 0.1) is 16.6 Å². The Morgan fingerprint density at radius 2 is 1.73 bits per heavy atom. The summed E-state index contributed by atoms with van der Waals surface area (Å²) in [7, 11) is 0. The summed E-state index contributed by atoms with van der Waals surface area (Å²) in [5.41, 5.74) is 1.85. The molecule has 4 nitrogen and oxygen atoms in total. The lowest BCUT2D eigenvalue weighted by molar-refractivity contribution is -0.133. The Hall–Kier alpha value is -2.72. The van der Waals surface area contributed by atoms with Crippen LogP contribution in [0.3, 0.4) is 0 Å². The molecule has 0 amide bonds. The van der Waals surface area contributed by atoms with Gasteiger partial charge < -0.3 is 5.11 Å². The van der Waals surface area contributed by atoms with Gasteiger partial charge in [0.2, 0.25) is 0 Å². The number of aliphatic hydroxyl groups is 1. The Morgan fingerprint density at radius 1 is 1.08 bits per heavy atom. The van der Waals surface area contributed by atoms with Gasteiger partial charge in [-0.1, -0.05) is 30.3 Å². The number of carbonyl (C=O) groups excluding carboxylic acids is 2. The zero-order valence-electron chi connectivity index (χ0n) is 14.8. The van der Waals surface area contributed by atoms with Gasteiger partial charge in [-0.05, 0) is 55.7 Å². The Labute approximate surface area is 156 Å². The Kier molecular flexibility index (Phi) is 4.32. The number of Topliss-reactive ketones (excluding diaryl/α,β-unsaturated/α-hetero) is 2. The van der Waals surface area contributed by atoms with Crippen LogP contribution in [0.4, 0.5) is 0 Å². The molecule has 0 atom stereocenters. The molecule has 0 spiro atoms. The maximum atomic E-state index is 12.9. The molecule has 1 aliphatic rings. The molecule has 2 aromatic rings. The van der Waals surface area contributed by atoms with Crippen LogP contribution in [0, 0.1) is 12.3 Å². The first-order valence-electron chi connectivity index (χ1n) is 8.09. The number of hydrogen-bond acceptors (Lipinski definition) is 4. The molecular formula is C21H18ClNO3. The topological polar surface area (TPSA) is 67.3 Å². The van der Waals surface area contributed by atoms with E-state index >= 15 is 0 Å². The van der Waals surface area contributed by atoms with Gasteiger partial charge >= 0.3 is 0 Å². The second-order valence-electron chi connectivity index (χ2n) is 6.88. The minimum Gasteiger partial charge on any atom is -0.506 e. The lowest BCUT2D eigenvalue weighted by Gasteiger charge is -2.30. The van der Waals surface area contributed by atoms with Crippen LogP contribution in [0.2, 0.25) is 5.15 Å². The highest BCUT2D eigenvalue weighted by Gasteiger charge is 2.46. The summed E-state index contributed by atoms with van der Waals surface area (Å²) < 4.78 is 0. The first-order chi connectivity index (χ1) is 12.1. The molecule has 3 rings (SSSR count). The summed E-state index contributed by atoms with van der Waals surface area (Å²) in [5, 5.41) is 10.9. The van der Waals surface area contributed by atoms with Crippen LogP contribution in [0.1, 0.15) is 25.0 Å². The minimum atomic E-state index is -1.26. The Balaban J connectivity index is 2.21. The third kappa shape index (κ3) is 2.76. The van der Waals surface area contributed by atoms with E-state index in [0.29, 0.717) is 10.7 Å². The average molecular weight is 368 g/mol. The van der Waals surface area contributed by atoms with Gasteiger partial charge in [-0.15, -0.1) is 0 Å². The molecule has 0 saturated carbocycles. The number of aromatic nitrogens is 1. The number of aryl methyl sites for hydroxylation is 1. The smallest absolute Gasteiger partial charge is 0.180 e. The number of halogens is 1. The normalized spacial score (nSPS) is 17.0. The third-order valence-electron chi connectivity index (χ3n) is 4.73. The van der Waals surface area contributed by atoms with Crippen molar-refractivity contribution in [3.8, 4) is 11.1 Å². The number of nitrogens with zero attached hydrogens (tertiary/aromatic N) is 1. The van der Waals surface area contributed by atoms with Gasteiger partial charge in [0.25, 0.3) is 0 Å². The maximum Gasteiger partial charge on any atom is 0.180 e. The van der Waals surface area contributed by atoms with Crippen molar-refractivity contribution in [3.05, 3.63) is 70.7 Å². The van der Waals surface area contributed by atoms with Crippen molar-refractivity contribution < 1.29 is 14.7 Å². The molecule has 0 saturated heterocycles. The molecule has 132 valence electrons. The summed E-state index contributed by atoms with van der Waals surface area (Å²) in [4.78, 5) is 29.3. The number of pyridine rings is 1. The standard InChI is InChI=1S/C21H18ClNO3/c1-11-5-6-13(14-7-8-16(22)23-10-14)9-15(11)17-18(24)12(2)19(25)21(3,4)20(17)26/h5-10,24H,2H2,1,3-4H3. The van der Waals surface area contributed by atoms with E-state index in [-0.39, 0.29) is 16.9 Å². The van der Waals surface area contributed by atoms with Gasteiger partial charge in [0.15, 0.2) is 11.6 Å². The van der Waals surface area contributed by atoms with Crippen LogP contribution in [0.5, 0.6) is 0 Å². The fourth-order valence-electron chi connectivity index (χ4n) is 3.03. The molecule has 26 heavy (non-hydrogen) atoms. The number of allylic oxidation sites excluding steroid dienone is 2. The molecular weight excluding hydrogens is 350 g/mol. The van der Waals surface area contributed by atoms with Crippen LogP contribution in [-0.2, 0) is 9.59 Å². The Morgan fingerprint density at radius 3 is 2.35 bits per heavy atom. The van der Waals surface area contributed by atoms with Gasteiger partial charge in [0, 0.05) is 11.8 Å². The third-order valence-corrected chi connectivity index (χ3v) is 4.95. The highest BCUT2D eigenvalue weighted by atomic mass is 35.5. The molecule has 1 aromatic carbocycles. The quantitative estimate of drug-likeness (QED) is 0.474. The minimum absolute atomic E-state index is 0.0393. The first kappa shape index (κ1) is 18.1. The van der Waals surface area contributed by atoms with E-state index in [1.807, 2.05) is 31.2 Å². The van der Waals surface area contributed by atoms with Crippen molar-refractivity contribution >= 4 is 28.7 Å². The van der Waals surface area contributed by atoms with Crippen LogP contribution < -0.4 is 0 Å². The van der Waals surface area contributed by atoms with E-state index in [0.717, 1.165) is 16.7 Å². The molecule has 5 heteroatoms. The van der Waals surface area contributed by atoms with E-state index in [1.54, 1.807) is 26.1 Å². The van der Waals surface area contributed by atoms with E-state index in [2.05, 4.69) is 11.6 Å². The second-order valence-corrected chi connectivity index (χ2v) is 7.27. The fourth-order valence-corrected chi connectivity index (χ4v) is 3.14. The molecule has 0 aliphatic heterocycles. The largest absolute Gasteiger partial charge is 0.506 e. The lowest BCUT2D eigenvalue weighted by Crippen LogP contribution is -2.39. The number of benzene rings is 1. The van der Waals surface area contributed by atoms with E-state index in [9.17, 15) is 14.7 Å². The predicted octanol–water partition coefficient (Wildman–Crippen LogP) is 4.71. The number of rotatable bonds is 2. The van der Waals surface area contributed by atoms with Gasteiger partial charge in [-0.25, -0.2) is 4.98 Å². The molecule has 1 heterocycles. The molecule has 1 aromatic heterocycles. The predicted molar refractivity (Wildman–Crippen MR) is 102 cm³/mol. The lowest BCUT2D eigenvalue weighted by atomic mass is 9.70.